The molecule has 1 aromatic carbocycles. The van der Waals surface area contributed by atoms with Crippen molar-refractivity contribution in [3.63, 3.8) is 0 Å². The van der Waals surface area contributed by atoms with Gasteiger partial charge in [-0.3, -0.25) is 0 Å². The standard InChI is InChI=1S/C15H17Cl2NO/c1-10(2)8-18-9-12-4-6-15(19-12)13-7-11(16)3-5-14(13)17/h3-7,10,18H,8-9H2,1-2H3/p+1. The van der Waals surface area contributed by atoms with Crippen molar-refractivity contribution in [3.8, 4) is 11.3 Å². The molecule has 2 rings (SSSR count). The van der Waals surface area contributed by atoms with Crippen LogP contribution in [0.3, 0.4) is 0 Å². The molecule has 0 spiro atoms. The van der Waals surface area contributed by atoms with Gasteiger partial charge in [-0.05, 0) is 30.3 Å². The molecule has 0 unspecified atom stereocenters. The second-order valence-corrected chi connectivity index (χ2v) is 5.86. The molecule has 0 saturated carbocycles. The summed E-state index contributed by atoms with van der Waals surface area (Å²) in [5.41, 5.74) is 0.837. The first-order valence-corrected chi connectivity index (χ1v) is 7.17. The van der Waals surface area contributed by atoms with Crippen LogP contribution in [0.4, 0.5) is 0 Å². The molecule has 1 aromatic heterocycles. The van der Waals surface area contributed by atoms with Crippen LogP contribution in [0.5, 0.6) is 0 Å². The fourth-order valence-corrected chi connectivity index (χ4v) is 2.26. The maximum atomic E-state index is 6.16. The van der Waals surface area contributed by atoms with Crippen molar-refractivity contribution in [1.29, 1.82) is 0 Å². The van der Waals surface area contributed by atoms with E-state index in [4.69, 9.17) is 27.6 Å². The second kappa shape index (κ2) is 6.47. The third kappa shape index (κ3) is 4.00. The fraction of sp³-hybridized carbons (Fsp3) is 0.333. The molecule has 2 N–H and O–H groups in total. The van der Waals surface area contributed by atoms with Gasteiger partial charge in [0.2, 0.25) is 0 Å². The number of quaternary nitrogens is 1. The van der Waals surface area contributed by atoms with Crippen LogP contribution in [0.2, 0.25) is 10.0 Å². The smallest absolute Gasteiger partial charge is 0.158 e. The Labute approximate surface area is 123 Å². The van der Waals surface area contributed by atoms with E-state index in [-0.39, 0.29) is 0 Å². The zero-order valence-corrected chi connectivity index (χ0v) is 12.6. The Morgan fingerprint density at radius 1 is 1.16 bits per heavy atom. The maximum Gasteiger partial charge on any atom is 0.158 e. The normalized spacial score (nSPS) is 11.2. The van der Waals surface area contributed by atoms with Crippen molar-refractivity contribution in [2.45, 2.75) is 20.4 Å². The number of furan rings is 1. The van der Waals surface area contributed by atoms with Gasteiger partial charge in [-0.1, -0.05) is 37.0 Å². The van der Waals surface area contributed by atoms with Crippen LogP contribution in [0.25, 0.3) is 11.3 Å². The van der Waals surface area contributed by atoms with Gasteiger partial charge in [-0.25, -0.2) is 0 Å². The summed E-state index contributed by atoms with van der Waals surface area (Å²) in [5, 5.41) is 3.55. The molecule has 0 aliphatic carbocycles. The van der Waals surface area contributed by atoms with Crippen LogP contribution in [0.1, 0.15) is 19.6 Å². The van der Waals surface area contributed by atoms with Gasteiger partial charge in [0.15, 0.2) is 5.76 Å². The average Bonchev–Trinajstić information content (AvgIpc) is 2.80. The van der Waals surface area contributed by atoms with E-state index in [1.54, 1.807) is 12.1 Å². The predicted molar refractivity (Wildman–Crippen MR) is 79.5 cm³/mol. The molecular weight excluding hydrogens is 281 g/mol. The number of rotatable bonds is 5. The minimum absolute atomic E-state index is 0.650. The molecule has 0 aliphatic rings. The summed E-state index contributed by atoms with van der Waals surface area (Å²) >= 11 is 12.1. The van der Waals surface area contributed by atoms with Crippen molar-refractivity contribution in [3.05, 3.63) is 46.1 Å². The highest BCUT2D eigenvalue weighted by molar-refractivity contribution is 6.35. The summed E-state index contributed by atoms with van der Waals surface area (Å²) in [6.45, 7) is 6.34. The summed E-state index contributed by atoms with van der Waals surface area (Å²) in [4.78, 5) is 0. The van der Waals surface area contributed by atoms with Crippen LogP contribution in [0.15, 0.2) is 34.7 Å². The highest BCUT2D eigenvalue weighted by Gasteiger charge is 2.10. The maximum absolute atomic E-state index is 6.16. The van der Waals surface area contributed by atoms with Gasteiger partial charge in [0.1, 0.15) is 12.3 Å². The third-order valence-corrected chi connectivity index (χ3v) is 3.40. The molecule has 19 heavy (non-hydrogen) atoms. The fourth-order valence-electron chi connectivity index (χ4n) is 1.88. The van der Waals surface area contributed by atoms with Gasteiger partial charge >= 0.3 is 0 Å². The van der Waals surface area contributed by atoms with E-state index < -0.39 is 0 Å². The van der Waals surface area contributed by atoms with E-state index in [1.807, 2.05) is 18.2 Å². The Hall–Kier alpha value is -0.960. The van der Waals surface area contributed by atoms with Crippen LogP contribution in [-0.2, 0) is 6.54 Å². The Kier molecular flexibility index (Phi) is 4.92. The lowest BCUT2D eigenvalue weighted by molar-refractivity contribution is -0.676. The van der Waals surface area contributed by atoms with E-state index in [9.17, 15) is 0 Å². The largest absolute Gasteiger partial charge is 0.455 e. The monoisotopic (exact) mass is 298 g/mol. The molecule has 0 bridgehead atoms. The molecule has 2 aromatic rings. The molecule has 0 aliphatic heterocycles. The summed E-state index contributed by atoms with van der Waals surface area (Å²) < 4.78 is 5.81. The number of hydrogen-bond donors (Lipinski definition) is 1. The van der Waals surface area contributed by atoms with Crippen molar-refractivity contribution >= 4 is 23.2 Å². The van der Waals surface area contributed by atoms with Crippen LogP contribution in [-0.4, -0.2) is 6.54 Å². The molecule has 0 saturated heterocycles. The van der Waals surface area contributed by atoms with Gasteiger partial charge in [0, 0.05) is 16.5 Å². The molecule has 0 fully saturated rings. The molecular formula is C15H18Cl2NO+. The zero-order chi connectivity index (χ0) is 13.8. The minimum atomic E-state index is 0.650. The Balaban J connectivity index is 2.10. The Morgan fingerprint density at radius 3 is 2.68 bits per heavy atom. The lowest BCUT2D eigenvalue weighted by Gasteiger charge is -2.03. The van der Waals surface area contributed by atoms with Crippen molar-refractivity contribution in [2.24, 2.45) is 5.92 Å². The molecule has 0 amide bonds. The van der Waals surface area contributed by atoms with Crippen molar-refractivity contribution < 1.29 is 9.73 Å². The summed E-state index contributed by atoms with van der Waals surface area (Å²) in [7, 11) is 0. The van der Waals surface area contributed by atoms with Crippen LogP contribution < -0.4 is 5.32 Å². The van der Waals surface area contributed by atoms with E-state index in [2.05, 4.69) is 19.2 Å². The number of benzene rings is 1. The summed E-state index contributed by atoms with van der Waals surface area (Å²) in [6, 6.07) is 9.31. The molecule has 2 nitrogen and oxygen atoms in total. The van der Waals surface area contributed by atoms with Gasteiger partial charge in [-0.2, -0.15) is 0 Å². The lowest BCUT2D eigenvalue weighted by atomic mass is 10.2. The quantitative estimate of drug-likeness (QED) is 0.889. The summed E-state index contributed by atoms with van der Waals surface area (Å²) in [5.74, 6) is 2.39. The first kappa shape index (κ1) is 14.4. The summed E-state index contributed by atoms with van der Waals surface area (Å²) in [6.07, 6.45) is 0. The molecule has 1 heterocycles. The topological polar surface area (TPSA) is 29.8 Å². The number of halogens is 2. The highest BCUT2D eigenvalue weighted by Crippen LogP contribution is 2.31. The zero-order valence-electron chi connectivity index (χ0n) is 11.1. The third-order valence-electron chi connectivity index (χ3n) is 2.84. The predicted octanol–water partition coefficient (Wildman–Crippen LogP) is 3.97. The highest BCUT2D eigenvalue weighted by atomic mass is 35.5. The molecule has 102 valence electrons. The van der Waals surface area contributed by atoms with Gasteiger partial charge in [0.05, 0.1) is 11.6 Å². The molecule has 0 radical (unpaired) electrons. The minimum Gasteiger partial charge on any atom is -0.455 e. The number of hydrogen-bond acceptors (Lipinski definition) is 1. The molecule has 4 heteroatoms. The van der Waals surface area contributed by atoms with E-state index in [0.29, 0.717) is 16.0 Å². The van der Waals surface area contributed by atoms with Crippen LogP contribution in [0, 0.1) is 5.92 Å². The second-order valence-electron chi connectivity index (χ2n) is 5.01. The van der Waals surface area contributed by atoms with Crippen molar-refractivity contribution in [1.82, 2.24) is 0 Å². The SMILES string of the molecule is CC(C)C[NH2+]Cc1ccc(-c2cc(Cl)ccc2Cl)o1. The first-order chi connectivity index (χ1) is 9.06. The van der Waals surface area contributed by atoms with Gasteiger partial charge in [-0.15, -0.1) is 0 Å². The Bertz CT molecular complexity index is 549. The van der Waals surface area contributed by atoms with Gasteiger partial charge < -0.3 is 9.73 Å². The van der Waals surface area contributed by atoms with Crippen LogP contribution >= 0.6 is 23.2 Å². The van der Waals surface area contributed by atoms with Gasteiger partial charge in [0.25, 0.3) is 0 Å². The number of nitrogens with two attached hydrogens (primary N) is 1. The van der Waals surface area contributed by atoms with E-state index >= 15 is 0 Å². The van der Waals surface area contributed by atoms with Crippen molar-refractivity contribution in [2.75, 3.05) is 6.54 Å². The van der Waals surface area contributed by atoms with E-state index in [0.717, 1.165) is 30.2 Å². The van der Waals surface area contributed by atoms with E-state index in [1.165, 1.54) is 0 Å². The first-order valence-electron chi connectivity index (χ1n) is 6.42. The average molecular weight is 299 g/mol. The molecule has 0 atom stereocenters. The Morgan fingerprint density at radius 2 is 1.95 bits per heavy atom. The lowest BCUT2D eigenvalue weighted by Crippen LogP contribution is -2.83.